The highest BCUT2D eigenvalue weighted by Crippen LogP contribution is 2.38. The lowest BCUT2D eigenvalue weighted by molar-refractivity contribution is -0.140. The number of methoxy groups -OCH3 is 1. The molecule has 0 radical (unpaired) electrons. The Morgan fingerprint density at radius 1 is 1.07 bits per heavy atom. The summed E-state index contributed by atoms with van der Waals surface area (Å²) >= 11 is 0. The van der Waals surface area contributed by atoms with Crippen molar-refractivity contribution in [2.24, 2.45) is 16.9 Å². The number of hydrogen-bond donors (Lipinski definition) is 1. The molecule has 1 saturated carbocycles. The molecule has 4 rings (SSSR count). The maximum absolute atomic E-state index is 13.4. The van der Waals surface area contributed by atoms with E-state index in [2.05, 4.69) is 12.2 Å². The number of fused-ring (bicyclic) bond motifs is 1. The summed E-state index contributed by atoms with van der Waals surface area (Å²) < 4.78 is 11.1. The van der Waals surface area contributed by atoms with Crippen molar-refractivity contribution in [2.45, 2.75) is 57.4 Å². The van der Waals surface area contributed by atoms with E-state index in [-0.39, 0.29) is 37.0 Å². The van der Waals surface area contributed by atoms with Crippen molar-refractivity contribution < 1.29 is 19.4 Å². The zero-order valence-corrected chi connectivity index (χ0v) is 17.8. The molecule has 1 aromatic carbocycles. The Balaban J connectivity index is 1.72. The molecule has 0 saturated heterocycles. The average molecular weight is 413 g/mol. The van der Waals surface area contributed by atoms with E-state index in [1.165, 1.54) is 12.8 Å². The Morgan fingerprint density at radius 2 is 1.80 bits per heavy atom. The summed E-state index contributed by atoms with van der Waals surface area (Å²) in [4.78, 5) is 13.4. The second-order valence-corrected chi connectivity index (χ2v) is 8.41. The Hall–Kier alpha value is -2.34. The van der Waals surface area contributed by atoms with Crippen LogP contribution < -0.4 is 9.47 Å². The van der Waals surface area contributed by atoms with Crippen LogP contribution in [0.15, 0.2) is 35.5 Å². The third-order valence-electron chi connectivity index (χ3n) is 6.52. The molecular formula is C24H32N2O4. The first kappa shape index (κ1) is 20.9. The SMILES string of the molecule is COc1ccc(C2=NN(C3CCCCCC3)C(=O)[C@H]3CC=CC[C@@H]23)cc1OCCO. The van der Waals surface area contributed by atoms with Gasteiger partial charge in [0.25, 0.3) is 0 Å². The van der Waals surface area contributed by atoms with E-state index in [0.717, 1.165) is 49.8 Å². The summed E-state index contributed by atoms with van der Waals surface area (Å²) in [5.74, 6) is 1.44. The van der Waals surface area contributed by atoms with Crippen molar-refractivity contribution in [3.63, 3.8) is 0 Å². The molecule has 30 heavy (non-hydrogen) atoms. The highest BCUT2D eigenvalue weighted by atomic mass is 16.5. The van der Waals surface area contributed by atoms with E-state index < -0.39 is 0 Å². The number of aliphatic hydroxyl groups excluding tert-OH is 1. The lowest BCUT2D eigenvalue weighted by atomic mass is 9.76. The number of ether oxygens (including phenoxy) is 2. The zero-order chi connectivity index (χ0) is 20.9. The third kappa shape index (κ3) is 4.24. The predicted molar refractivity (Wildman–Crippen MR) is 116 cm³/mol. The molecule has 6 heteroatoms. The standard InChI is InChI=1S/C24H32N2O4/c1-29-21-13-12-17(16-22(21)30-15-14-27)23-19-10-6-7-11-20(19)24(28)26(25-23)18-8-4-2-3-5-9-18/h6-7,12-13,16,18-20,27H,2-5,8-11,14-15H2,1H3/t19-,20+/m1/s1. The molecule has 1 heterocycles. The van der Waals surface area contributed by atoms with Crippen LogP contribution >= 0.6 is 0 Å². The van der Waals surface area contributed by atoms with Crippen LogP contribution in [-0.4, -0.2) is 48.1 Å². The van der Waals surface area contributed by atoms with E-state index in [4.69, 9.17) is 19.7 Å². The fourth-order valence-electron chi connectivity index (χ4n) is 4.94. The number of hydrazone groups is 1. The van der Waals surface area contributed by atoms with Gasteiger partial charge < -0.3 is 14.6 Å². The molecule has 0 unspecified atom stereocenters. The number of benzene rings is 1. The Kier molecular flexibility index (Phi) is 6.72. The smallest absolute Gasteiger partial charge is 0.247 e. The molecule has 1 amide bonds. The normalized spacial score (nSPS) is 24.8. The Bertz CT molecular complexity index is 811. The number of amides is 1. The molecule has 1 N–H and O–H groups in total. The van der Waals surface area contributed by atoms with E-state index in [1.807, 2.05) is 23.2 Å². The van der Waals surface area contributed by atoms with Crippen LogP contribution in [0, 0.1) is 11.8 Å². The van der Waals surface area contributed by atoms with Crippen LogP contribution in [0.4, 0.5) is 0 Å². The summed E-state index contributed by atoms with van der Waals surface area (Å²) in [6.45, 7) is 0.140. The molecule has 6 nitrogen and oxygen atoms in total. The number of hydrogen-bond acceptors (Lipinski definition) is 5. The third-order valence-corrected chi connectivity index (χ3v) is 6.52. The second-order valence-electron chi connectivity index (χ2n) is 8.41. The highest BCUT2D eigenvalue weighted by molar-refractivity contribution is 6.07. The van der Waals surface area contributed by atoms with Gasteiger partial charge in [-0.2, -0.15) is 5.10 Å². The summed E-state index contributed by atoms with van der Waals surface area (Å²) in [5, 5.41) is 16.0. The number of nitrogens with zero attached hydrogens (tertiary/aromatic N) is 2. The topological polar surface area (TPSA) is 71.4 Å². The van der Waals surface area contributed by atoms with Crippen molar-refractivity contribution in [3.05, 3.63) is 35.9 Å². The van der Waals surface area contributed by atoms with Gasteiger partial charge in [0.05, 0.1) is 31.4 Å². The number of carbonyl (C=O) groups excluding carboxylic acids is 1. The van der Waals surface area contributed by atoms with Gasteiger partial charge >= 0.3 is 0 Å². The first-order chi connectivity index (χ1) is 14.7. The minimum atomic E-state index is -0.0617. The summed E-state index contributed by atoms with van der Waals surface area (Å²) in [5.41, 5.74) is 1.92. The second kappa shape index (κ2) is 9.65. The van der Waals surface area contributed by atoms with Gasteiger partial charge in [-0.15, -0.1) is 0 Å². The first-order valence-corrected chi connectivity index (χ1v) is 11.2. The van der Waals surface area contributed by atoms with Gasteiger partial charge in [0.2, 0.25) is 5.91 Å². The largest absolute Gasteiger partial charge is 0.493 e. The van der Waals surface area contributed by atoms with Crippen LogP contribution in [0.25, 0.3) is 0 Å². The minimum absolute atomic E-state index is 0.0466. The van der Waals surface area contributed by atoms with Crippen molar-refractivity contribution in [2.75, 3.05) is 20.3 Å². The average Bonchev–Trinajstić information content (AvgIpc) is 3.07. The molecule has 0 aromatic heterocycles. The monoisotopic (exact) mass is 412 g/mol. The molecule has 2 aliphatic carbocycles. The van der Waals surface area contributed by atoms with Crippen LogP contribution in [0.3, 0.4) is 0 Å². The van der Waals surface area contributed by atoms with E-state index in [1.54, 1.807) is 7.11 Å². The summed E-state index contributed by atoms with van der Waals surface area (Å²) in [6.07, 6.45) is 12.8. The number of rotatable bonds is 6. The van der Waals surface area contributed by atoms with Crippen molar-refractivity contribution in [1.82, 2.24) is 5.01 Å². The van der Waals surface area contributed by atoms with Crippen LogP contribution in [0.2, 0.25) is 0 Å². The fourth-order valence-corrected chi connectivity index (χ4v) is 4.94. The quantitative estimate of drug-likeness (QED) is 0.568. The van der Waals surface area contributed by atoms with Crippen molar-refractivity contribution >= 4 is 11.6 Å². The van der Waals surface area contributed by atoms with Gasteiger partial charge in [-0.25, -0.2) is 5.01 Å². The Labute approximate surface area is 178 Å². The maximum Gasteiger partial charge on any atom is 0.247 e. The van der Waals surface area contributed by atoms with Crippen LogP contribution in [0.5, 0.6) is 11.5 Å². The van der Waals surface area contributed by atoms with E-state index in [9.17, 15) is 4.79 Å². The van der Waals surface area contributed by atoms with Crippen LogP contribution in [-0.2, 0) is 4.79 Å². The lowest BCUT2D eigenvalue weighted by Crippen LogP contribution is -2.49. The molecule has 162 valence electrons. The van der Waals surface area contributed by atoms with Gasteiger partial charge in [0.15, 0.2) is 11.5 Å². The number of aliphatic hydroxyl groups is 1. The summed E-state index contributed by atoms with van der Waals surface area (Å²) in [6, 6.07) is 6.01. The zero-order valence-electron chi connectivity index (χ0n) is 17.8. The van der Waals surface area contributed by atoms with Gasteiger partial charge in [0.1, 0.15) is 6.61 Å². The summed E-state index contributed by atoms with van der Waals surface area (Å²) in [7, 11) is 1.60. The molecule has 1 aliphatic heterocycles. The molecule has 2 atom stereocenters. The van der Waals surface area contributed by atoms with E-state index >= 15 is 0 Å². The van der Waals surface area contributed by atoms with Gasteiger partial charge in [-0.1, -0.05) is 37.8 Å². The minimum Gasteiger partial charge on any atom is -0.493 e. The molecular weight excluding hydrogens is 380 g/mol. The molecule has 1 fully saturated rings. The van der Waals surface area contributed by atoms with Crippen molar-refractivity contribution in [3.8, 4) is 11.5 Å². The number of allylic oxidation sites excluding steroid dienone is 2. The highest BCUT2D eigenvalue weighted by Gasteiger charge is 2.42. The van der Waals surface area contributed by atoms with Gasteiger partial charge in [0, 0.05) is 11.5 Å². The van der Waals surface area contributed by atoms with Gasteiger partial charge in [-0.3, -0.25) is 4.79 Å². The lowest BCUT2D eigenvalue weighted by Gasteiger charge is -2.40. The van der Waals surface area contributed by atoms with E-state index in [0.29, 0.717) is 11.5 Å². The van der Waals surface area contributed by atoms with Crippen molar-refractivity contribution in [1.29, 1.82) is 0 Å². The van der Waals surface area contributed by atoms with Gasteiger partial charge in [-0.05, 0) is 43.9 Å². The molecule has 0 spiro atoms. The molecule has 0 bridgehead atoms. The Morgan fingerprint density at radius 3 is 2.50 bits per heavy atom. The van der Waals surface area contributed by atoms with Crippen LogP contribution in [0.1, 0.15) is 56.9 Å². The maximum atomic E-state index is 13.4. The molecule has 3 aliphatic rings. The fraction of sp³-hybridized carbons (Fsp3) is 0.583. The number of carbonyl (C=O) groups is 1. The predicted octanol–water partition coefficient (Wildman–Crippen LogP) is 3.92. The first-order valence-electron chi connectivity index (χ1n) is 11.2. The molecule has 1 aromatic rings.